The van der Waals surface area contributed by atoms with E-state index in [0.29, 0.717) is 23.5 Å². The molecular weight excluding hydrogens is 286 g/mol. The highest BCUT2D eigenvalue weighted by atomic mass is 32.2. The van der Waals surface area contributed by atoms with Crippen LogP contribution in [0, 0.1) is 11.8 Å². The molecule has 114 valence electrons. The van der Waals surface area contributed by atoms with E-state index in [9.17, 15) is 8.42 Å². The summed E-state index contributed by atoms with van der Waals surface area (Å²) in [6.07, 6.45) is 0. The first-order valence-electron chi connectivity index (χ1n) is 7.09. The second-order valence-electron chi connectivity index (χ2n) is 4.87. The lowest BCUT2D eigenvalue weighted by atomic mass is 10.2. The van der Waals surface area contributed by atoms with E-state index in [0.717, 1.165) is 19.6 Å². The van der Waals surface area contributed by atoms with Crippen molar-refractivity contribution in [1.82, 2.24) is 9.21 Å². The summed E-state index contributed by atoms with van der Waals surface area (Å²) in [5.74, 6) is 5.61. The Hall–Kier alpha value is -1.39. The van der Waals surface area contributed by atoms with E-state index >= 15 is 0 Å². The lowest BCUT2D eigenvalue weighted by Gasteiger charge is -2.33. The van der Waals surface area contributed by atoms with Crippen molar-refractivity contribution in [2.45, 2.75) is 11.8 Å². The van der Waals surface area contributed by atoms with Crippen LogP contribution < -0.4 is 5.73 Å². The van der Waals surface area contributed by atoms with Crippen molar-refractivity contribution in [3.8, 4) is 11.8 Å². The molecule has 2 N–H and O–H groups in total. The lowest BCUT2D eigenvalue weighted by Crippen LogP contribution is -2.48. The van der Waals surface area contributed by atoms with Crippen molar-refractivity contribution in [3.63, 3.8) is 0 Å². The van der Waals surface area contributed by atoms with Gasteiger partial charge in [-0.2, -0.15) is 4.31 Å². The zero-order valence-corrected chi connectivity index (χ0v) is 13.1. The van der Waals surface area contributed by atoms with Gasteiger partial charge in [-0.15, -0.1) is 0 Å². The molecule has 1 heterocycles. The van der Waals surface area contributed by atoms with Crippen molar-refractivity contribution in [2.75, 3.05) is 39.3 Å². The van der Waals surface area contributed by atoms with Gasteiger partial charge < -0.3 is 10.6 Å². The van der Waals surface area contributed by atoms with Crippen LogP contribution in [-0.4, -0.2) is 56.9 Å². The van der Waals surface area contributed by atoms with Gasteiger partial charge in [-0.3, -0.25) is 0 Å². The fraction of sp³-hybridized carbons (Fsp3) is 0.467. The standard InChI is InChI=1S/C15H21N3O2S/c1-2-17-9-11-18(12-10-17)21(19,20)15-7-3-5-14(13-15)6-4-8-16/h3,5,7,13H,2,8-12,16H2,1H3. The topological polar surface area (TPSA) is 66.6 Å². The number of hydrogen-bond acceptors (Lipinski definition) is 4. The van der Waals surface area contributed by atoms with Gasteiger partial charge in [0.15, 0.2) is 0 Å². The second kappa shape index (κ2) is 7.05. The minimum Gasteiger partial charge on any atom is -0.320 e. The van der Waals surface area contributed by atoms with E-state index in [4.69, 9.17) is 5.73 Å². The number of likely N-dealkylation sites (N-methyl/N-ethyl adjacent to an activating group) is 1. The molecule has 1 aromatic carbocycles. The Morgan fingerprint density at radius 2 is 1.95 bits per heavy atom. The Kier molecular flexibility index (Phi) is 5.37. The Bertz CT molecular complexity index is 638. The molecule has 1 aliphatic rings. The summed E-state index contributed by atoms with van der Waals surface area (Å²) < 4.78 is 26.8. The molecule has 0 spiro atoms. The molecule has 6 heteroatoms. The van der Waals surface area contributed by atoms with E-state index < -0.39 is 10.0 Å². The Balaban J connectivity index is 2.20. The molecule has 0 aromatic heterocycles. The summed E-state index contributed by atoms with van der Waals surface area (Å²) in [4.78, 5) is 2.55. The molecule has 0 unspecified atom stereocenters. The van der Waals surface area contributed by atoms with Gasteiger partial charge in [0.1, 0.15) is 0 Å². The predicted molar refractivity (Wildman–Crippen MR) is 83.2 cm³/mol. The van der Waals surface area contributed by atoms with Crippen LogP contribution in [-0.2, 0) is 10.0 Å². The molecule has 1 aliphatic heterocycles. The van der Waals surface area contributed by atoms with Crippen LogP contribution in [0.1, 0.15) is 12.5 Å². The molecule has 1 saturated heterocycles. The zero-order chi connectivity index (χ0) is 15.3. The molecule has 0 saturated carbocycles. The molecule has 0 amide bonds. The van der Waals surface area contributed by atoms with Crippen LogP contribution in [0.3, 0.4) is 0 Å². The number of rotatable bonds is 3. The molecular formula is C15H21N3O2S. The number of hydrogen-bond donors (Lipinski definition) is 1. The average molecular weight is 307 g/mol. The Morgan fingerprint density at radius 3 is 2.57 bits per heavy atom. The molecule has 21 heavy (non-hydrogen) atoms. The van der Waals surface area contributed by atoms with Crippen molar-refractivity contribution in [3.05, 3.63) is 29.8 Å². The van der Waals surface area contributed by atoms with Crippen molar-refractivity contribution in [1.29, 1.82) is 0 Å². The van der Waals surface area contributed by atoms with E-state index in [1.165, 1.54) is 0 Å². The summed E-state index contributed by atoms with van der Waals surface area (Å²) in [6, 6.07) is 6.74. The van der Waals surface area contributed by atoms with E-state index in [1.54, 1.807) is 28.6 Å². The highest BCUT2D eigenvalue weighted by molar-refractivity contribution is 7.89. The first-order valence-corrected chi connectivity index (χ1v) is 8.53. The smallest absolute Gasteiger partial charge is 0.243 e. The highest BCUT2D eigenvalue weighted by Gasteiger charge is 2.27. The maximum Gasteiger partial charge on any atom is 0.243 e. The Morgan fingerprint density at radius 1 is 1.24 bits per heavy atom. The van der Waals surface area contributed by atoms with Crippen LogP contribution in [0.15, 0.2) is 29.2 Å². The van der Waals surface area contributed by atoms with Crippen LogP contribution in [0.2, 0.25) is 0 Å². The van der Waals surface area contributed by atoms with Crippen molar-refractivity contribution in [2.24, 2.45) is 5.73 Å². The number of piperazine rings is 1. The fourth-order valence-corrected chi connectivity index (χ4v) is 3.79. The van der Waals surface area contributed by atoms with E-state index in [1.807, 2.05) is 0 Å². The summed E-state index contributed by atoms with van der Waals surface area (Å²) >= 11 is 0. The van der Waals surface area contributed by atoms with Gasteiger partial charge in [0.05, 0.1) is 11.4 Å². The number of nitrogens with two attached hydrogens (primary N) is 1. The summed E-state index contributed by atoms with van der Waals surface area (Å²) in [7, 11) is -3.43. The van der Waals surface area contributed by atoms with Gasteiger partial charge in [0.25, 0.3) is 0 Å². The van der Waals surface area contributed by atoms with Crippen LogP contribution in [0.5, 0.6) is 0 Å². The SMILES string of the molecule is CCN1CCN(S(=O)(=O)c2cccc(C#CCN)c2)CC1. The molecule has 2 rings (SSSR count). The highest BCUT2D eigenvalue weighted by Crippen LogP contribution is 2.18. The normalized spacial score (nSPS) is 17.2. The largest absolute Gasteiger partial charge is 0.320 e. The fourth-order valence-electron chi connectivity index (χ4n) is 2.32. The molecule has 5 nitrogen and oxygen atoms in total. The van der Waals surface area contributed by atoms with Crippen LogP contribution >= 0.6 is 0 Å². The average Bonchev–Trinajstić information content (AvgIpc) is 2.53. The maximum atomic E-state index is 12.6. The number of sulfonamides is 1. The van der Waals surface area contributed by atoms with E-state index in [-0.39, 0.29) is 6.54 Å². The van der Waals surface area contributed by atoms with Gasteiger partial charge in [-0.25, -0.2) is 8.42 Å². The van der Waals surface area contributed by atoms with Crippen molar-refractivity contribution >= 4 is 10.0 Å². The van der Waals surface area contributed by atoms with Crippen molar-refractivity contribution < 1.29 is 8.42 Å². The third-order valence-corrected chi connectivity index (χ3v) is 5.48. The molecule has 1 aromatic rings. The van der Waals surface area contributed by atoms with Gasteiger partial charge in [0, 0.05) is 31.7 Å². The quantitative estimate of drug-likeness (QED) is 0.817. The minimum absolute atomic E-state index is 0.260. The number of benzene rings is 1. The first-order chi connectivity index (χ1) is 10.1. The molecule has 0 aliphatic carbocycles. The third-order valence-electron chi connectivity index (χ3n) is 3.59. The summed E-state index contributed by atoms with van der Waals surface area (Å²) in [5.41, 5.74) is 6.01. The summed E-state index contributed by atoms with van der Waals surface area (Å²) in [6.45, 7) is 5.94. The van der Waals surface area contributed by atoms with E-state index in [2.05, 4.69) is 23.7 Å². The molecule has 1 fully saturated rings. The monoisotopic (exact) mass is 307 g/mol. The molecule has 0 radical (unpaired) electrons. The first kappa shape index (κ1) is 16.0. The summed E-state index contributed by atoms with van der Waals surface area (Å²) in [5, 5.41) is 0. The lowest BCUT2D eigenvalue weighted by molar-refractivity contribution is 0.196. The second-order valence-corrected chi connectivity index (χ2v) is 6.81. The van der Waals surface area contributed by atoms with Gasteiger partial charge in [0.2, 0.25) is 10.0 Å². The molecule has 0 atom stereocenters. The molecule has 0 bridgehead atoms. The third kappa shape index (κ3) is 3.83. The maximum absolute atomic E-state index is 12.6. The zero-order valence-electron chi connectivity index (χ0n) is 12.2. The van der Waals surface area contributed by atoms with Crippen LogP contribution in [0.4, 0.5) is 0 Å². The van der Waals surface area contributed by atoms with Gasteiger partial charge in [-0.05, 0) is 24.7 Å². The van der Waals surface area contributed by atoms with Crippen LogP contribution in [0.25, 0.3) is 0 Å². The number of nitrogens with zero attached hydrogens (tertiary/aromatic N) is 2. The van der Waals surface area contributed by atoms with Gasteiger partial charge >= 0.3 is 0 Å². The predicted octanol–water partition coefficient (Wildman–Crippen LogP) is 0.323. The minimum atomic E-state index is -3.43. The van der Waals surface area contributed by atoms with Gasteiger partial charge in [-0.1, -0.05) is 24.8 Å². The Labute approximate surface area is 126 Å².